The molecule has 0 spiro atoms. The molecule has 0 aliphatic heterocycles. The highest BCUT2D eigenvalue weighted by atomic mass is 35.5. The van der Waals surface area contributed by atoms with Gasteiger partial charge in [0, 0.05) is 15.8 Å². The Hall–Kier alpha value is -2.00. The van der Waals surface area contributed by atoms with Crippen molar-refractivity contribution in [2.75, 3.05) is 0 Å². The largest absolute Gasteiger partial charge is 0.478 e. The van der Waals surface area contributed by atoms with E-state index in [1.165, 1.54) is 0 Å². The third-order valence-corrected chi connectivity index (χ3v) is 3.86. The van der Waals surface area contributed by atoms with Crippen molar-refractivity contribution in [3.05, 3.63) is 46.0 Å². The Bertz CT molecular complexity index is 833. The van der Waals surface area contributed by atoms with Crippen molar-refractivity contribution in [3.8, 4) is 0 Å². The zero-order chi connectivity index (χ0) is 13.7. The van der Waals surface area contributed by atoms with Crippen LogP contribution in [0.4, 0.5) is 0 Å². The van der Waals surface area contributed by atoms with Gasteiger partial charge in [-0.05, 0) is 43.2 Å². The van der Waals surface area contributed by atoms with Crippen LogP contribution in [0.5, 0.6) is 0 Å². The number of carboxylic acid groups (broad SMARTS) is 1. The Balaban J connectivity index is 2.56. The molecule has 1 heterocycles. The third-order valence-electron chi connectivity index (χ3n) is 3.45. The summed E-state index contributed by atoms with van der Waals surface area (Å²) in [6.45, 7) is 3.82. The fourth-order valence-electron chi connectivity index (χ4n) is 2.50. The summed E-state index contributed by atoms with van der Waals surface area (Å²) in [4.78, 5) is 14.5. The van der Waals surface area contributed by atoms with Crippen molar-refractivity contribution in [1.82, 2.24) is 4.98 Å². The summed E-state index contributed by atoms with van der Waals surface area (Å²) in [7, 11) is 0. The van der Waals surface area contributed by atoms with E-state index >= 15 is 0 Å². The Morgan fingerprint density at radius 1 is 1.16 bits per heavy atom. The lowest BCUT2D eigenvalue weighted by Gasteiger charge is -2.00. The Labute approximate surface area is 114 Å². The second kappa shape index (κ2) is 4.00. The molecule has 0 unspecified atom stereocenters. The maximum Gasteiger partial charge on any atom is 0.337 e. The van der Waals surface area contributed by atoms with Gasteiger partial charge in [-0.1, -0.05) is 17.7 Å². The molecule has 0 saturated heterocycles. The molecule has 0 bridgehead atoms. The van der Waals surface area contributed by atoms with Crippen molar-refractivity contribution in [2.24, 2.45) is 0 Å². The van der Waals surface area contributed by atoms with Crippen LogP contribution in [0, 0.1) is 13.8 Å². The maximum atomic E-state index is 11.3. The molecule has 96 valence electrons. The zero-order valence-electron chi connectivity index (χ0n) is 10.5. The molecule has 3 aromatic rings. The fraction of sp³-hybridized carbons (Fsp3) is 0.133. The number of halogens is 1. The first-order valence-corrected chi connectivity index (χ1v) is 6.31. The first kappa shape index (κ1) is 12.1. The molecule has 0 radical (unpaired) electrons. The lowest BCUT2D eigenvalue weighted by Crippen LogP contribution is -1.98. The Morgan fingerprint density at radius 3 is 2.58 bits per heavy atom. The predicted octanol–water partition coefficient (Wildman–Crippen LogP) is 4.29. The van der Waals surface area contributed by atoms with Gasteiger partial charge in [-0.15, -0.1) is 0 Å². The molecule has 0 saturated carbocycles. The number of H-pyrrole nitrogens is 1. The quantitative estimate of drug-likeness (QED) is 0.695. The highest BCUT2D eigenvalue weighted by Crippen LogP contribution is 2.33. The summed E-state index contributed by atoms with van der Waals surface area (Å²) in [5.74, 6) is -0.927. The van der Waals surface area contributed by atoms with Crippen molar-refractivity contribution >= 4 is 39.4 Å². The minimum absolute atomic E-state index is 0.293. The van der Waals surface area contributed by atoms with Gasteiger partial charge in [0.05, 0.1) is 16.6 Å². The van der Waals surface area contributed by atoms with Gasteiger partial charge in [-0.25, -0.2) is 4.79 Å². The van der Waals surface area contributed by atoms with E-state index in [1.54, 1.807) is 6.07 Å². The Kier molecular flexibility index (Phi) is 2.54. The molecule has 0 aliphatic carbocycles. The number of fused-ring (bicyclic) bond motifs is 3. The summed E-state index contributed by atoms with van der Waals surface area (Å²) >= 11 is 6.11. The number of hydrogen-bond acceptors (Lipinski definition) is 1. The summed E-state index contributed by atoms with van der Waals surface area (Å²) in [6, 6.07) is 7.44. The second-order valence-corrected chi connectivity index (χ2v) is 5.17. The number of benzene rings is 2. The highest BCUT2D eigenvalue weighted by molar-refractivity contribution is 6.32. The summed E-state index contributed by atoms with van der Waals surface area (Å²) < 4.78 is 0. The number of nitrogens with one attached hydrogen (secondary N) is 1. The molecule has 0 fully saturated rings. The van der Waals surface area contributed by atoms with Crippen molar-refractivity contribution in [2.45, 2.75) is 13.8 Å². The Morgan fingerprint density at radius 2 is 1.89 bits per heavy atom. The van der Waals surface area contributed by atoms with Gasteiger partial charge in [-0.2, -0.15) is 0 Å². The number of carbonyl (C=O) groups is 1. The standard InChI is InChI=1S/C15H12ClNO2/c1-7-5-10-9-3-4-12(16)8(2)13(9)17-14(10)11(6-7)15(18)19/h3-6,17H,1-2H3,(H,18,19). The van der Waals surface area contributed by atoms with Gasteiger partial charge in [-0.3, -0.25) is 0 Å². The van der Waals surface area contributed by atoms with Crippen molar-refractivity contribution in [3.63, 3.8) is 0 Å². The minimum atomic E-state index is -0.927. The summed E-state index contributed by atoms with van der Waals surface area (Å²) in [5, 5.41) is 11.9. The van der Waals surface area contributed by atoms with E-state index in [2.05, 4.69) is 4.98 Å². The first-order valence-electron chi connectivity index (χ1n) is 5.93. The van der Waals surface area contributed by atoms with Crippen LogP contribution in [-0.4, -0.2) is 16.1 Å². The summed E-state index contributed by atoms with van der Waals surface area (Å²) in [5.41, 5.74) is 3.71. The van der Waals surface area contributed by atoms with Crippen LogP contribution in [0.15, 0.2) is 24.3 Å². The molecule has 4 heteroatoms. The van der Waals surface area contributed by atoms with Gasteiger partial charge in [0.25, 0.3) is 0 Å². The zero-order valence-corrected chi connectivity index (χ0v) is 11.3. The van der Waals surface area contributed by atoms with Crippen LogP contribution >= 0.6 is 11.6 Å². The topological polar surface area (TPSA) is 53.1 Å². The van der Waals surface area contributed by atoms with Gasteiger partial charge in [0.15, 0.2) is 0 Å². The third kappa shape index (κ3) is 1.70. The second-order valence-electron chi connectivity index (χ2n) is 4.76. The SMILES string of the molecule is Cc1cc(C(=O)O)c2[nH]c3c(C)c(Cl)ccc3c2c1. The number of hydrogen-bond donors (Lipinski definition) is 2. The number of aryl methyl sites for hydroxylation is 2. The van der Waals surface area contributed by atoms with E-state index < -0.39 is 5.97 Å². The van der Waals surface area contributed by atoms with Crippen LogP contribution < -0.4 is 0 Å². The molecule has 3 nitrogen and oxygen atoms in total. The van der Waals surface area contributed by atoms with Gasteiger partial charge < -0.3 is 10.1 Å². The molecule has 0 amide bonds. The summed E-state index contributed by atoms with van der Waals surface area (Å²) in [6.07, 6.45) is 0. The molecular formula is C15H12ClNO2. The highest BCUT2D eigenvalue weighted by Gasteiger charge is 2.15. The fourth-order valence-corrected chi connectivity index (χ4v) is 2.66. The molecule has 0 atom stereocenters. The van der Waals surface area contributed by atoms with E-state index in [9.17, 15) is 9.90 Å². The average Bonchev–Trinajstić information content (AvgIpc) is 2.72. The first-order chi connectivity index (χ1) is 8.99. The lowest BCUT2D eigenvalue weighted by molar-refractivity contribution is 0.0699. The normalized spacial score (nSPS) is 11.3. The molecular weight excluding hydrogens is 262 g/mol. The predicted molar refractivity (Wildman–Crippen MR) is 77.2 cm³/mol. The van der Waals surface area contributed by atoms with E-state index in [1.807, 2.05) is 32.0 Å². The molecule has 19 heavy (non-hydrogen) atoms. The number of rotatable bonds is 1. The van der Waals surface area contributed by atoms with Crippen LogP contribution in [0.1, 0.15) is 21.5 Å². The van der Waals surface area contributed by atoms with Crippen LogP contribution in [-0.2, 0) is 0 Å². The van der Waals surface area contributed by atoms with Crippen molar-refractivity contribution < 1.29 is 9.90 Å². The number of aromatic amines is 1. The van der Waals surface area contributed by atoms with E-state index in [0.717, 1.165) is 27.4 Å². The lowest BCUT2D eigenvalue weighted by atomic mass is 10.0. The van der Waals surface area contributed by atoms with Crippen molar-refractivity contribution in [1.29, 1.82) is 0 Å². The smallest absolute Gasteiger partial charge is 0.337 e. The van der Waals surface area contributed by atoms with Gasteiger partial charge >= 0.3 is 5.97 Å². The van der Waals surface area contributed by atoms with E-state index in [4.69, 9.17) is 11.6 Å². The number of aromatic carboxylic acids is 1. The van der Waals surface area contributed by atoms with Gasteiger partial charge in [0.1, 0.15) is 0 Å². The average molecular weight is 274 g/mol. The van der Waals surface area contributed by atoms with Crippen LogP contribution in [0.2, 0.25) is 5.02 Å². The molecule has 2 N–H and O–H groups in total. The van der Waals surface area contributed by atoms with Gasteiger partial charge in [0.2, 0.25) is 0 Å². The minimum Gasteiger partial charge on any atom is -0.478 e. The number of carboxylic acids is 1. The maximum absolute atomic E-state index is 11.3. The van der Waals surface area contributed by atoms with E-state index in [-0.39, 0.29) is 0 Å². The molecule has 3 rings (SSSR count). The molecule has 2 aromatic carbocycles. The monoisotopic (exact) mass is 273 g/mol. The van der Waals surface area contributed by atoms with Crippen LogP contribution in [0.25, 0.3) is 21.8 Å². The molecule has 1 aromatic heterocycles. The number of aromatic nitrogens is 1. The van der Waals surface area contributed by atoms with Crippen LogP contribution in [0.3, 0.4) is 0 Å². The molecule has 0 aliphatic rings. The van der Waals surface area contributed by atoms with E-state index in [0.29, 0.717) is 16.1 Å².